The maximum absolute atomic E-state index is 13.6. The lowest BCUT2D eigenvalue weighted by Crippen LogP contribution is -3.00. The number of hydrogen-bond acceptors (Lipinski definition) is 1. The van der Waals surface area contributed by atoms with E-state index in [1.807, 2.05) is 13.0 Å². The summed E-state index contributed by atoms with van der Waals surface area (Å²) in [7, 11) is -0.848. The number of halogens is 2. The summed E-state index contributed by atoms with van der Waals surface area (Å²) in [5.41, 5.74) is 0.928. The number of rotatable bonds is 7. The molecule has 0 atom stereocenters. The van der Waals surface area contributed by atoms with Crippen LogP contribution in [0, 0.1) is 12.7 Å². The number of benzene rings is 1. The predicted molar refractivity (Wildman–Crippen MR) is 86.8 cm³/mol. The van der Waals surface area contributed by atoms with Crippen molar-refractivity contribution in [1.29, 1.82) is 0 Å². The van der Waals surface area contributed by atoms with Crippen molar-refractivity contribution in [3.8, 4) is 5.75 Å². The van der Waals surface area contributed by atoms with Crippen LogP contribution >= 0.6 is 7.26 Å². The van der Waals surface area contributed by atoms with Crippen molar-refractivity contribution in [2.45, 2.75) is 35.1 Å². The van der Waals surface area contributed by atoms with E-state index in [1.54, 1.807) is 6.07 Å². The molecule has 0 saturated carbocycles. The van der Waals surface area contributed by atoms with Crippen LogP contribution in [0.15, 0.2) is 18.2 Å². The lowest BCUT2D eigenvalue weighted by atomic mass is 10.2. The molecule has 20 heavy (non-hydrogen) atoms. The Balaban J connectivity index is 0. The second-order valence-electron chi connectivity index (χ2n) is 4.80. The molecule has 1 rings (SSSR count). The van der Waals surface area contributed by atoms with E-state index in [1.165, 1.54) is 24.6 Å². The molecule has 0 spiro atoms. The molecule has 0 aliphatic rings. The smallest absolute Gasteiger partial charge is 0.165 e. The molecule has 118 valence electrons. The van der Waals surface area contributed by atoms with Gasteiger partial charge in [0.1, 0.15) is 6.61 Å². The van der Waals surface area contributed by atoms with E-state index >= 15 is 0 Å². The first-order valence-corrected chi connectivity index (χ1v) is 9.34. The molecule has 0 amide bonds. The molecule has 0 fully saturated rings. The van der Waals surface area contributed by atoms with Crippen LogP contribution in [0.25, 0.3) is 0 Å². The molecule has 0 radical (unpaired) electrons. The summed E-state index contributed by atoms with van der Waals surface area (Å²) in [6.07, 6.45) is 4.89. The zero-order valence-corrected chi connectivity index (χ0v) is 15.4. The van der Waals surface area contributed by atoms with Gasteiger partial charge in [0.2, 0.25) is 0 Å². The highest BCUT2D eigenvalue weighted by atomic mass is 127. The van der Waals surface area contributed by atoms with Crippen molar-refractivity contribution in [1.82, 2.24) is 0 Å². The third-order valence-corrected chi connectivity index (χ3v) is 9.08. The Morgan fingerprint density at radius 2 is 1.65 bits per heavy atom. The van der Waals surface area contributed by atoms with Gasteiger partial charge in [-0.05, 0) is 45.4 Å². The second-order valence-corrected chi connectivity index (χ2v) is 9.82. The van der Waals surface area contributed by atoms with Gasteiger partial charge in [-0.1, -0.05) is 13.5 Å². The fraction of sp³-hybridized carbons (Fsp3) is 0.625. The molecule has 1 nitrogen and oxygen atoms in total. The van der Waals surface area contributed by atoms with E-state index in [4.69, 9.17) is 4.74 Å². The van der Waals surface area contributed by atoms with Crippen LogP contribution in [0.2, 0.25) is 0 Å². The molecule has 0 unspecified atom stereocenters. The Morgan fingerprint density at radius 3 is 2.10 bits per heavy atom. The van der Waals surface area contributed by atoms with Crippen LogP contribution in [-0.2, 0) is 0 Å². The first-order chi connectivity index (χ1) is 8.56. The zero-order chi connectivity index (χ0) is 13.6. The fourth-order valence-electron chi connectivity index (χ4n) is 2.22. The molecule has 0 aromatic heterocycles. The highest BCUT2D eigenvalue weighted by Gasteiger charge is 2.30. The average molecular weight is 414 g/mol. The first kappa shape index (κ1) is 22.4. The first-order valence-electron chi connectivity index (χ1n) is 6.81. The minimum atomic E-state index is -0.848. The molecule has 0 bridgehead atoms. The molecule has 1 aromatic rings. The van der Waals surface area contributed by atoms with Crippen molar-refractivity contribution in [2.75, 3.05) is 31.3 Å². The molecular weight excluding hydrogens is 385 g/mol. The van der Waals surface area contributed by atoms with Gasteiger partial charge in [0, 0.05) is 7.26 Å². The Kier molecular flexibility index (Phi) is 12.1. The molecule has 4 heteroatoms. The van der Waals surface area contributed by atoms with Crippen molar-refractivity contribution >= 4 is 7.26 Å². The van der Waals surface area contributed by atoms with Crippen molar-refractivity contribution in [2.24, 2.45) is 0 Å². The van der Waals surface area contributed by atoms with Crippen molar-refractivity contribution in [3.63, 3.8) is 0 Å². The molecule has 0 heterocycles. The topological polar surface area (TPSA) is 9.23 Å². The summed E-state index contributed by atoms with van der Waals surface area (Å²) in [4.78, 5) is 0. The van der Waals surface area contributed by atoms with Crippen LogP contribution in [-0.4, -0.2) is 31.3 Å². The van der Waals surface area contributed by atoms with E-state index in [0.717, 1.165) is 11.7 Å². The SMILES string of the molecule is C.CC[P+](CC)(CC)CCOc1ccc(C)cc1F.[I-]. The second kappa shape index (κ2) is 10.8. The van der Waals surface area contributed by atoms with E-state index < -0.39 is 7.26 Å². The molecule has 0 aliphatic heterocycles. The lowest BCUT2D eigenvalue weighted by Gasteiger charge is -2.23. The van der Waals surface area contributed by atoms with E-state index in [-0.39, 0.29) is 37.2 Å². The van der Waals surface area contributed by atoms with Gasteiger partial charge in [0.05, 0.1) is 24.6 Å². The Hall–Kier alpha value is 0.110. The molecule has 0 saturated heterocycles. The normalized spacial score (nSPS) is 10.4. The van der Waals surface area contributed by atoms with Crippen LogP contribution in [0.4, 0.5) is 4.39 Å². The fourth-order valence-corrected chi connectivity index (χ4v) is 4.99. The average Bonchev–Trinajstić information content (AvgIpc) is 2.38. The molecule has 0 N–H and O–H groups in total. The summed E-state index contributed by atoms with van der Waals surface area (Å²) in [6.45, 7) is 9.34. The molecule has 0 aliphatic carbocycles. The lowest BCUT2D eigenvalue weighted by molar-refractivity contribution is -0.00000539. The van der Waals surface area contributed by atoms with Gasteiger partial charge in [-0.3, -0.25) is 0 Å². The Labute approximate surface area is 142 Å². The monoisotopic (exact) mass is 414 g/mol. The van der Waals surface area contributed by atoms with E-state index in [9.17, 15) is 4.39 Å². The van der Waals surface area contributed by atoms with Gasteiger partial charge in [0.25, 0.3) is 0 Å². The standard InChI is InChI=1S/C15H25FOP.CH4.HI/c1-5-18(6-2,7-3)11-10-17-15-9-8-13(4)12-14(15)16;;/h8-9,12H,5-7,10-11H2,1-4H3;1H4;1H/q+1;;/p-1. The van der Waals surface area contributed by atoms with Gasteiger partial charge in [-0.2, -0.15) is 0 Å². The molecule has 1 aromatic carbocycles. The van der Waals surface area contributed by atoms with Gasteiger partial charge < -0.3 is 28.7 Å². The highest BCUT2D eigenvalue weighted by molar-refractivity contribution is 7.75. The number of ether oxygens (including phenoxy) is 1. The number of hydrogen-bond donors (Lipinski definition) is 0. The third-order valence-electron chi connectivity index (χ3n) is 3.92. The Bertz CT molecular complexity index is 372. The maximum atomic E-state index is 13.6. The van der Waals surface area contributed by atoms with Crippen molar-refractivity contribution < 1.29 is 33.1 Å². The third kappa shape index (κ3) is 6.26. The zero-order valence-electron chi connectivity index (χ0n) is 12.4. The highest BCUT2D eigenvalue weighted by Crippen LogP contribution is 2.57. The summed E-state index contributed by atoms with van der Waals surface area (Å²) >= 11 is 0. The summed E-state index contributed by atoms with van der Waals surface area (Å²) in [6, 6.07) is 5.14. The van der Waals surface area contributed by atoms with Gasteiger partial charge in [-0.15, -0.1) is 0 Å². The van der Waals surface area contributed by atoms with Crippen LogP contribution in [0.3, 0.4) is 0 Å². The van der Waals surface area contributed by atoms with Gasteiger partial charge in [-0.25, -0.2) is 4.39 Å². The van der Waals surface area contributed by atoms with Gasteiger partial charge in [0.15, 0.2) is 11.6 Å². The van der Waals surface area contributed by atoms with Crippen LogP contribution < -0.4 is 28.7 Å². The van der Waals surface area contributed by atoms with E-state index in [0.29, 0.717) is 12.4 Å². The number of aryl methyl sites for hydroxylation is 1. The Morgan fingerprint density at radius 1 is 1.10 bits per heavy atom. The quantitative estimate of drug-likeness (QED) is 0.491. The summed E-state index contributed by atoms with van der Waals surface area (Å²) < 4.78 is 19.2. The summed E-state index contributed by atoms with van der Waals surface area (Å²) in [5, 5.41) is 0. The van der Waals surface area contributed by atoms with E-state index in [2.05, 4.69) is 20.8 Å². The minimum Gasteiger partial charge on any atom is -1.00 e. The predicted octanol–water partition coefficient (Wildman–Crippen LogP) is 2.23. The minimum absolute atomic E-state index is 0. The summed E-state index contributed by atoms with van der Waals surface area (Å²) in [5.74, 6) is 0.144. The maximum Gasteiger partial charge on any atom is 0.165 e. The van der Waals surface area contributed by atoms with Gasteiger partial charge >= 0.3 is 0 Å². The molecular formula is C16H29FIOP. The van der Waals surface area contributed by atoms with Crippen LogP contribution in [0.1, 0.15) is 33.8 Å². The van der Waals surface area contributed by atoms with Crippen molar-refractivity contribution in [3.05, 3.63) is 29.6 Å². The largest absolute Gasteiger partial charge is 1.00 e. The van der Waals surface area contributed by atoms with Crippen LogP contribution in [0.5, 0.6) is 5.75 Å².